The van der Waals surface area contributed by atoms with Crippen LogP contribution < -0.4 is 15.4 Å². The van der Waals surface area contributed by atoms with Crippen molar-refractivity contribution in [2.75, 3.05) is 17.2 Å². The maximum atomic E-state index is 13.8. The molecule has 3 aromatic rings. The first-order valence-electron chi connectivity index (χ1n) is 8.57. The lowest BCUT2D eigenvalue weighted by atomic mass is 10.2. The van der Waals surface area contributed by atoms with Gasteiger partial charge < -0.3 is 15.4 Å². The number of aromatic nitrogens is 2. The maximum Gasteiger partial charge on any atom is 0.274 e. The minimum atomic E-state index is -0.787. The molecule has 0 unspecified atom stereocenters. The number of carbonyl (C=O) groups excluding carboxylic acids is 1. The smallest absolute Gasteiger partial charge is 0.274 e. The van der Waals surface area contributed by atoms with Crippen LogP contribution in [0.5, 0.6) is 5.75 Å². The molecular weight excluding hydrogens is 366 g/mol. The zero-order valence-electron chi connectivity index (χ0n) is 15.3. The van der Waals surface area contributed by atoms with Crippen LogP contribution in [0, 0.1) is 18.6 Å². The highest BCUT2D eigenvalue weighted by Crippen LogP contribution is 2.22. The van der Waals surface area contributed by atoms with Crippen molar-refractivity contribution in [3.8, 4) is 5.75 Å². The molecule has 2 aromatic carbocycles. The molecule has 0 aliphatic heterocycles. The Morgan fingerprint density at radius 1 is 1.07 bits per heavy atom. The quantitative estimate of drug-likeness (QED) is 0.656. The van der Waals surface area contributed by atoms with E-state index in [1.165, 1.54) is 12.1 Å². The highest BCUT2D eigenvalue weighted by atomic mass is 19.1. The zero-order valence-corrected chi connectivity index (χ0v) is 15.3. The first kappa shape index (κ1) is 19.2. The third-order valence-corrected chi connectivity index (χ3v) is 3.71. The van der Waals surface area contributed by atoms with E-state index in [2.05, 4.69) is 20.6 Å². The van der Waals surface area contributed by atoms with Gasteiger partial charge in [-0.15, -0.1) is 0 Å². The summed E-state index contributed by atoms with van der Waals surface area (Å²) in [5, 5.41) is 5.20. The van der Waals surface area contributed by atoms with Crippen LogP contribution >= 0.6 is 0 Å². The number of aryl methyl sites for hydroxylation is 1. The molecule has 1 aromatic heterocycles. The van der Waals surface area contributed by atoms with Crippen LogP contribution in [0.4, 0.5) is 26.1 Å². The van der Waals surface area contributed by atoms with Crippen LogP contribution in [0.2, 0.25) is 0 Å². The average molecular weight is 384 g/mol. The second-order valence-corrected chi connectivity index (χ2v) is 5.85. The molecule has 0 aliphatic rings. The van der Waals surface area contributed by atoms with Crippen molar-refractivity contribution in [2.45, 2.75) is 13.8 Å². The average Bonchev–Trinajstić information content (AvgIpc) is 2.66. The molecule has 0 atom stereocenters. The number of rotatable bonds is 6. The van der Waals surface area contributed by atoms with Crippen LogP contribution in [0.15, 0.2) is 48.5 Å². The van der Waals surface area contributed by atoms with E-state index in [0.29, 0.717) is 23.7 Å². The van der Waals surface area contributed by atoms with Gasteiger partial charge in [-0.2, -0.15) is 0 Å². The summed E-state index contributed by atoms with van der Waals surface area (Å²) >= 11 is 0. The summed E-state index contributed by atoms with van der Waals surface area (Å²) in [6.45, 7) is 4.08. The van der Waals surface area contributed by atoms with Gasteiger partial charge in [0.15, 0.2) is 0 Å². The zero-order chi connectivity index (χ0) is 20.1. The number of ether oxygens (including phenoxy) is 1. The number of nitrogens with one attached hydrogen (secondary N) is 2. The number of halogens is 2. The van der Waals surface area contributed by atoms with Gasteiger partial charge in [-0.05, 0) is 56.3 Å². The van der Waals surface area contributed by atoms with Gasteiger partial charge in [0.2, 0.25) is 5.95 Å². The molecule has 28 heavy (non-hydrogen) atoms. The summed E-state index contributed by atoms with van der Waals surface area (Å²) in [6, 6.07) is 11.8. The van der Waals surface area contributed by atoms with Gasteiger partial charge >= 0.3 is 0 Å². The minimum absolute atomic E-state index is 0.0561. The Morgan fingerprint density at radius 2 is 1.75 bits per heavy atom. The Labute approximate surface area is 160 Å². The first-order valence-corrected chi connectivity index (χ1v) is 8.57. The third kappa shape index (κ3) is 4.59. The topological polar surface area (TPSA) is 76.1 Å². The molecule has 6 nitrogen and oxygen atoms in total. The SMILES string of the molecule is CCOc1ccc(NC(=O)c2cc(C)nc(Nc3c(F)cccc3F)n2)cc1. The summed E-state index contributed by atoms with van der Waals surface area (Å²) in [7, 11) is 0. The van der Waals surface area contributed by atoms with Crippen LogP contribution in [0.3, 0.4) is 0 Å². The Balaban J connectivity index is 1.79. The van der Waals surface area contributed by atoms with Crippen LogP contribution in [-0.4, -0.2) is 22.5 Å². The van der Waals surface area contributed by atoms with Crippen molar-refractivity contribution in [3.05, 3.63) is 71.6 Å². The van der Waals surface area contributed by atoms with Gasteiger partial charge in [0.25, 0.3) is 5.91 Å². The van der Waals surface area contributed by atoms with Crippen molar-refractivity contribution in [2.24, 2.45) is 0 Å². The fraction of sp³-hybridized carbons (Fsp3) is 0.150. The molecule has 0 spiro atoms. The summed E-state index contributed by atoms with van der Waals surface area (Å²) in [5.74, 6) is -1.44. The Bertz CT molecular complexity index is 974. The molecule has 1 amide bonds. The normalized spacial score (nSPS) is 10.4. The first-order chi connectivity index (χ1) is 13.5. The summed E-state index contributed by atoms with van der Waals surface area (Å²) in [4.78, 5) is 20.6. The largest absolute Gasteiger partial charge is 0.494 e. The number of benzene rings is 2. The Hall–Kier alpha value is -3.55. The molecule has 0 saturated carbocycles. The maximum absolute atomic E-state index is 13.8. The van der Waals surface area contributed by atoms with E-state index in [1.54, 1.807) is 31.2 Å². The van der Waals surface area contributed by atoms with Gasteiger partial charge in [-0.1, -0.05) is 6.07 Å². The summed E-state index contributed by atoms with van der Waals surface area (Å²) < 4.78 is 33.0. The molecule has 1 heterocycles. The van der Waals surface area contributed by atoms with E-state index in [0.717, 1.165) is 12.1 Å². The van der Waals surface area contributed by atoms with Gasteiger partial charge in [0, 0.05) is 11.4 Å². The molecule has 0 radical (unpaired) electrons. The number of carbonyl (C=O) groups is 1. The van der Waals surface area contributed by atoms with Crippen molar-refractivity contribution in [1.82, 2.24) is 9.97 Å². The predicted octanol–water partition coefficient (Wildman–Crippen LogP) is 4.46. The highest BCUT2D eigenvalue weighted by molar-refractivity contribution is 6.03. The van der Waals surface area contributed by atoms with Gasteiger partial charge in [-0.25, -0.2) is 18.7 Å². The van der Waals surface area contributed by atoms with E-state index in [1.807, 2.05) is 6.92 Å². The Kier molecular flexibility index (Phi) is 5.78. The summed E-state index contributed by atoms with van der Waals surface area (Å²) in [5.41, 5.74) is 0.692. The van der Waals surface area contributed by atoms with E-state index in [-0.39, 0.29) is 17.3 Å². The minimum Gasteiger partial charge on any atom is -0.494 e. The van der Waals surface area contributed by atoms with Crippen molar-refractivity contribution < 1.29 is 18.3 Å². The highest BCUT2D eigenvalue weighted by Gasteiger charge is 2.14. The van der Waals surface area contributed by atoms with Crippen molar-refractivity contribution >= 4 is 23.2 Å². The second-order valence-electron chi connectivity index (χ2n) is 5.85. The lowest BCUT2D eigenvalue weighted by Gasteiger charge is -2.10. The number of nitrogens with zero attached hydrogens (tertiary/aromatic N) is 2. The van der Waals surface area contributed by atoms with Gasteiger partial charge in [0.05, 0.1) is 6.61 Å². The third-order valence-electron chi connectivity index (χ3n) is 3.71. The van der Waals surface area contributed by atoms with Crippen molar-refractivity contribution in [1.29, 1.82) is 0 Å². The van der Waals surface area contributed by atoms with Crippen LogP contribution in [0.25, 0.3) is 0 Å². The molecule has 2 N–H and O–H groups in total. The molecule has 144 valence electrons. The lowest BCUT2D eigenvalue weighted by Crippen LogP contribution is -2.15. The number of hydrogen-bond acceptors (Lipinski definition) is 5. The Morgan fingerprint density at radius 3 is 2.39 bits per heavy atom. The van der Waals surface area contributed by atoms with E-state index in [4.69, 9.17) is 4.74 Å². The molecule has 0 aliphatic carbocycles. The van der Waals surface area contributed by atoms with Gasteiger partial charge in [0.1, 0.15) is 28.8 Å². The summed E-state index contributed by atoms with van der Waals surface area (Å²) in [6.07, 6.45) is 0. The standard InChI is InChI=1S/C20H18F2N4O2/c1-3-28-14-9-7-13(8-10-14)24-19(27)17-11-12(2)23-20(25-17)26-18-15(21)5-4-6-16(18)22/h4-11H,3H2,1-2H3,(H,24,27)(H,23,25,26). The molecular formula is C20H18F2N4O2. The van der Waals surface area contributed by atoms with Crippen LogP contribution in [0.1, 0.15) is 23.1 Å². The number of para-hydroxylation sites is 1. The van der Waals surface area contributed by atoms with Gasteiger partial charge in [-0.3, -0.25) is 4.79 Å². The monoisotopic (exact) mass is 384 g/mol. The molecule has 0 bridgehead atoms. The molecule has 0 saturated heterocycles. The number of anilines is 3. The lowest BCUT2D eigenvalue weighted by molar-refractivity contribution is 0.102. The van der Waals surface area contributed by atoms with Crippen molar-refractivity contribution in [3.63, 3.8) is 0 Å². The van der Waals surface area contributed by atoms with E-state index >= 15 is 0 Å². The van der Waals surface area contributed by atoms with E-state index in [9.17, 15) is 13.6 Å². The fourth-order valence-corrected chi connectivity index (χ4v) is 2.47. The van der Waals surface area contributed by atoms with Crippen LogP contribution in [-0.2, 0) is 0 Å². The number of amides is 1. The molecule has 3 rings (SSSR count). The second kappa shape index (κ2) is 8.43. The molecule has 8 heteroatoms. The predicted molar refractivity (Wildman–Crippen MR) is 102 cm³/mol. The van der Waals surface area contributed by atoms with E-state index < -0.39 is 17.5 Å². The number of hydrogen-bond donors (Lipinski definition) is 2. The fourth-order valence-electron chi connectivity index (χ4n) is 2.47. The molecule has 0 fully saturated rings.